The lowest BCUT2D eigenvalue weighted by atomic mass is 9.88. The molecule has 3 heteroatoms. The fourth-order valence-corrected chi connectivity index (χ4v) is 2.13. The minimum absolute atomic E-state index is 0.288. The highest BCUT2D eigenvalue weighted by molar-refractivity contribution is 5.78. The molecule has 0 radical (unpaired) electrons. The first-order valence-electron chi connectivity index (χ1n) is 4.65. The number of hydrogen-bond donors (Lipinski definition) is 1. The molecule has 1 heterocycles. The number of carbonyl (C=O) groups is 1. The van der Waals surface area contributed by atoms with Gasteiger partial charge in [-0.2, -0.15) is 0 Å². The van der Waals surface area contributed by atoms with Crippen molar-refractivity contribution in [3.8, 4) is 0 Å². The van der Waals surface area contributed by atoms with Crippen LogP contribution >= 0.6 is 0 Å². The summed E-state index contributed by atoms with van der Waals surface area (Å²) in [4.78, 5) is 13.3. The fourth-order valence-electron chi connectivity index (χ4n) is 2.13. The molecule has 3 nitrogen and oxygen atoms in total. The van der Waals surface area contributed by atoms with Gasteiger partial charge in [0.15, 0.2) is 0 Å². The molecular weight excluding hydrogens is 152 g/mol. The molecule has 1 saturated carbocycles. The first kappa shape index (κ1) is 8.05. The normalized spacial score (nSPS) is 38.7. The first-order valence-corrected chi connectivity index (χ1v) is 4.65. The number of nitrogens with zero attached hydrogens (tertiary/aromatic N) is 1. The van der Waals surface area contributed by atoms with Gasteiger partial charge in [-0.15, -0.1) is 0 Å². The lowest BCUT2D eigenvalue weighted by molar-refractivity contribution is -0.133. The van der Waals surface area contributed by atoms with E-state index in [-0.39, 0.29) is 5.92 Å². The van der Waals surface area contributed by atoms with Crippen molar-refractivity contribution in [2.75, 3.05) is 14.1 Å². The number of fused-ring (bicyclic) bond motifs is 1. The Morgan fingerprint density at radius 1 is 1.33 bits per heavy atom. The first-order chi connectivity index (χ1) is 5.68. The molecule has 0 aromatic carbocycles. The molecular formula is C9H16N2O. The van der Waals surface area contributed by atoms with Gasteiger partial charge in [0.05, 0.1) is 0 Å². The Morgan fingerprint density at radius 3 is 2.67 bits per heavy atom. The quantitative estimate of drug-likeness (QED) is 0.569. The second-order valence-electron chi connectivity index (χ2n) is 4.12. The fraction of sp³-hybridized carbons (Fsp3) is 0.889. The Labute approximate surface area is 73.1 Å². The highest BCUT2D eigenvalue weighted by atomic mass is 16.2. The lowest BCUT2D eigenvalue weighted by Gasteiger charge is -2.22. The predicted octanol–water partition coefficient (Wildman–Crippen LogP) is 0.215. The summed E-state index contributed by atoms with van der Waals surface area (Å²) in [6, 6.07) is 1.41. The number of hydrogen-bond acceptors (Lipinski definition) is 2. The van der Waals surface area contributed by atoms with E-state index < -0.39 is 0 Å². The standard InChI is InChI=1S/C9H16N2O/c1-11(2)9(12)6-3-4-7-8(5-6)10-7/h6-8,10H,3-5H2,1-2H3/t6-,7+,8-/m0/s1. The third kappa shape index (κ3) is 1.33. The second kappa shape index (κ2) is 2.73. The molecule has 3 atom stereocenters. The van der Waals surface area contributed by atoms with Crippen LogP contribution in [0.5, 0.6) is 0 Å². The maximum Gasteiger partial charge on any atom is 0.225 e. The van der Waals surface area contributed by atoms with E-state index in [4.69, 9.17) is 0 Å². The Morgan fingerprint density at radius 2 is 2.08 bits per heavy atom. The Kier molecular flexibility index (Phi) is 1.83. The van der Waals surface area contributed by atoms with Gasteiger partial charge in [0, 0.05) is 32.1 Å². The van der Waals surface area contributed by atoms with Gasteiger partial charge in [0.1, 0.15) is 0 Å². The van der Waals surface area contributed by atoms with Gasteiger partial charge in [-0.3, -0.25) is 4.79 Å². The zero-order chi connectivity index (χ0) is 8.72. The van der Waals surface area contributed by atoms with Gasteiger partial charge in [0.2, 0.25) is 5.91 Å². The Hall–Kier alpha value is -0.570. The van der Waals surface area contributed by atoms with Gasteiger partial charge in [-0.1, -0.05) is 0 Å². The summed E-state index contributed by atoms with van der Waals surface area (Å²) in [6.07, 6.45) is 3.32. The van der Waals surface area contributed by atoms with E-state index in [0.717, 1.165) is 18.9 Å². The SMILES string of the molecule is CN(C)C(=O)[C@H]1CC[C@H]2N[C@H]2C1. The van der Waals surface area contributed by atoms with Gasteiger partial charge in [-0.25, -0.2) is 0 Å². The van der Waals surface area contributed by atoms with Crippen LogP contribution in [0.3, 0.4) is 0 Å². The summed E-state index contributed by atoms with van der Waals surface area (Å²) in [5.41, 5.74) is 0. The molecule has 1 amide bonds. The number of nitrogens with one attached hydrogen (secondary N) is 1. The number of amides is 1. The van der Waals surface area contributed by atoms with E-state index in [2.05, 4.69) is 5.32 Å². The molecule has 12 heavy (non-hydrogen) atoms. The monoisotopic (exact) mass is 168 g/mol. The topological polar surface area (TPSA) is 42.2 Å². The van der Waals surface area contributed by atoms with Crippen molar-refractivity contribution >= 4 is 5.91 Å². The smallest absolute Gasteiger partial charge is 0.225 e. The zero-order valence-electron chi connectivity index (χ0n) is 7.71. The van der Waals surface area contributed by atoms with Crippen LogP contribution in [0, 0.1) is 5.92 Å². The Balaban J connectivity index is 1.91. The summed E-state index contributed by atoms with van der Waals surface area (Å²) in [6.45, 7) is 0. The summed E-state index contributed by atoms with van der Waals surface area (Å²) < 4.78 is 0. The maximum atomic E-state index is 11.6. The molecule has 1 saturated heterocycles. The van der Waals surface area contributed by atoms with E-state index in [0.29, 0.717) is 11.9 Å². The second-order valence-corrected chi connectivity index (χ2v) is 4.12. The van der Waals surface area contributed by atoms with E-state index in [9.17, 15) is 4.79 Å². The van der Waals surface area contributed by atoms with Crippen LogP contribution in [0.25, 0.3) is 0 Å². The van der Waals surface area contributed by atoms with Crippen LogP contribution in [0.1, 0.15) is 19.3 Å². The number of rotatable bonds is 1. The van der Waals surface area contributed by atoms with Gasteiger partial charge in [0.25, 0.3) is 0 Å². The average molecular weight is 168 g/mol. The minimum Gasteiger partial charge on any atom is -0.349 e. The van der Waals surface area contributed by atoms with E-state index >= 15 is 0 Å². The largest absolute Gasteiger partial charge is 0.349 e. The van der Waals surface area contributed by atoms with Crippen LogP contribution in [0.15, 0.2) is 0 Å². The molecule has 0 spiro atoms. The molecule has 0 bridgehead atoms. The van der Waals surface area contributed by atoms with E-state index in [1.54, 1.807) is 4.90 Å². The van der Waals surface area contributed by atoms with Gasteiger partial charge in [-0.05, 0) is 19.3 Å². The van der Waals surface area contributed by atoms with E-state index in [1.807, 2.05) is 14.1 Å². The summed E-state index contributed by atoms with van der Waals surface area (Å²) in [5, 5.41) is 3.38. The molecule has 2 rings (SSSR count). The third-order valence-electron chi connectivity index (χ3n) is 2.96. The van der Waals surface area contributed by atoms with Crippen molar-refractivity contribution in [1.29, 1.82) is 0 Å². The maximum absolute atomic E-state index is 11.6. The molecule has 68 valence electrons. The molecule has 1 aliphatic heterocycles. The summed E-state index contributed by atoms with van der Waals surface area (Å²) in [7, 11) is 3.68. The van der Waals surface area contributed by atoms with Crippen molar-refractivity contribution in [3.05, 3.63) is 0 Å². The predicted molar refractivity (Wildman–Crippen MR) is 46.7 cm³/mol. The van der Waals surface area contributed by atoms with Crippen LogP contribution in [0.2, 0.25) is 0 Å². The van der Waals surface area contributed by atoms with Crippen LogP contribution in [-0.4, -0.2) is 37.0 Å². The highest BCUT2D eigenvalue weighted by Crippen LogP contribution is 2.33. The zero-order valence-corrected chi connectivity index (χ0v) is 7.71. The third-order valence-corrected chi connectivity index (χ3v) is 2.96. The molecule has 2 aliphatic rings. The Bertz CT molecular complexity index is 203. The van der Waals surface area contributed by atoms with Crippen molar-refractivity contribution in [2.24, 2.45) is 5.92 Å². The molecule has 1 aliphatic carbocycles. The van der Waals surface area contributed by atoms with E-state index in [1.165, 1.54) is 6.42 Å². The van der Waals surface area contributed by atoms with Crippen LogP contribution in [-0.2, 0) is 4.79 Å². The lowest BCUT2D eigenvalue weighted by Crippen LogP contribution is -2.32. The van der Waals surface area contributed by atoms with Gasteiger partial charge >= 0.3 is 0 Å². The molecule has 1 N–H and O–H groups in total. The molecule has 0 aromatic heterocycles. The van der Waals surface area contributed by atoms with Crippen LogP contribution in [0.4, 0.5) is 0 Å². The van der Waals surface area contributed by atoms with Crippen LogP contribution < -0.4 is 5.32 Å². The van der Waals surface area contributed by atoms with Crippen molar-refractivity contribution < 1.29 is 4.79 Å². The van der Waals surface area contributed by atoms with Crippen molar-refractivity contribution in [3.63, 3.8) is 0 Å². The van der Waals surface area contributed by atoms with Crippen molar-refractivity contribution in [2.45, 2.75) is 31.3 Å². The average Bonchev–Trinajstić information content (AvgIpc) is 2.79. The minimum atomic E-state index is 0.288. The number of carbonyl (C=O) groups excluding carboxylic acids is 1. The molecule has 0 aromatic rings. The summed E-state index contributed by atoms with van der Waals surface area (Å²) in [5.74, 6) is 0.596. The summed E-state index contributed by atoms with van der Waals surface area (Å²) >= 11 is 0. The van der Waals surface area contributed by atoms with Gasteiger partial charge < -0.3 is 10.2 Å². The van der Waals surface area contributed by atoms with Crippen molar-refractivity contribution in [1.82, 2.24) is 10.2 Å². The molecule has 2 fully saturated rings. The highest BCUT2D eigenvalue weighted by Gasteiger charge is 2.43. The molecule has 0 unspecified atom stereocenters.